The minimum atomic E-state index is 0.187. The molecule has 108 valence electrons. The van der Waals surface area contributed by atoms with Crippen LogP contribution in [0.5, 0.6) is 0 Å². The van der Waals surface area contributed by atoms with Gasteiger partial charge in [-0.2, -0.15) is 0 Å². The summed E-state index contributed by atoms with van der Waals surface area (Å²) < 4.78 is 5.29. The van der Waals surface area contributed by atoms with E-state index in [1.165, 1.54) is 12.8 Å². The molecule has 5 nitrogen and oxygen atoms in total. The van der Waals surface area contributed by atoms with E-state index in [2.05, 4.69) is 15.1 Å². The van der Waals surface area contributed by atoms with Crippen LogP contribution in [0.1, 0.15) is 25.7 Å². The van der Waals surface area contributed by atoms with Gasteiger partial charge in [0.15, 0.2) is 0 Å². The standard InChI is InChI=1S/C14H25N3O2/c18-14(11-16-7-9-19-10-8-16)15-12-3-5-17(6-4-12)13-1-2-13/h12-13H,1-11H2,(H,15,18). The first-order valence-electron chi connectivity index (χ1n) is 7.65. The van der Waals surface area contributed by atoms with Crippen molar-refractivity contribution in [2.45, 2.75) is 37.8 Å². The Balaban J connectivity index is 1.35. The zero-order chi connectivity index (χ0) is 13.1. The van der Waals surface area contributed by atoms with Crippen molar-refractivity contribution < 1.29 is 9.53 Å². The number of amides is 1. The van der Waals surface area contributed by atoms with Gasteiger partial charge in [0.25, 0.3) is 0 Å². The monoisotopic (exact) mass is 267 g/mol. The van der Waals surface area contributed by atoms with Crippen molar-refractivity contribution >= 4 is 5.91 Å². The lowest BCUT2D eigenvalue weighted by Gasteiger charge is -2.33. The molecule has 0 unspecified atom stereocenters. The van der Waals surface area contributed by atoms with Gasteiger partial charge < -0.3 is 15.0 Å². The first kappa shape index (κ1) is 13.3. The molecule has 3 fully saturated rings. The first-order valence-corrected chi connectivity index (χ1v) is 7.65. The molecule has 0 atom stereocenters. The van der Waals surface area contributed by atoms with E-state index >= 15 is 0 Å². The molecule has 2 aliphatic heterocycles. The Morgan fingerprint density at radius 1 is 1.05 bits per heavy atom. The average Bonchev–Trinajstić information content (AvgIpc) is 3.25. The Morgan fingerprint density at radius 3 is 2.37 bits per heavy atom. The van der Waals surface area contributed by atoms with E-state index in [0.717, 1.165) is 58.3 Å². The van der Waals surface area contributed by atoms with Crippen LogP contribution in [0.3, 0.4) is 0 Å². The summed E-state index contributed by atoms with van der Waals surface area (Å²) in [4.78, 5) is 16.8. The van der Waals surface area contributed by atoms with Crippen LogP contribution in [0.4, 0.5) is 0 Å². The molecule has 0 aromatic carbocycles. The van der Waals surface area contributed by atoms with Crippen molar-refractivity contribution in [3.63, 3.8) is 0 Å². The predicted molar refractivity (Wildman–Crippen MR) is 73.0 cm³/mol. The first-order chi connectivity index (χ1) is 9.31. The van der Waals surface area contributed by atoms with Gasteiger partial charge in [-0.05, 0) is 25.7 Å². The number of morpholine rings is 1. The molecule has 3 rings (SSSR count). The van der Waals surface area contributed by atoms with E-state index in [-0.39, 0.29) is 5.91 Å². The summed E-state index contributed by atoms with van der Waals surface area (Å²) in [6.07, 6.45) is 5.00. The lowest BCUT2D eigenvalue weighted by molar-refractivity contribution is -0.124. The van der Waals surface area contributed by atoms with Gasteiger partial charge in [0, 0.05) is 38.3 Å². The smallest absolute Gasteiger partial charge is 0.234 e. The minimum Gasteiger partial charge on any atom is -0.379 e. The highest BCUT2D eigenvalue weighted by atomic mass is 16.5. The molecular weight excluding hydrogens is 242 g/mol. The summed E-state index contributed by atoms with van der Waals surface area (Å²) >= 11 is 0. The molecule has 1 amide bonds. The highest BCUT2D eigenvalue weighted by Gasteiger charge is 2.32. The van der Waals surface area contributed by atoms with E-state index in [1.54, 1.807) is 0 Å². The van der Waals surface area contributed by atoms with Gasteiger partial charge >= 0.3 is 0 Å². The SMILES string of the molecule is O=C(CN1CCOCC1)NC1CCN(C2CC2)CC1. The van der Waals surface area contributed by atoms with Crippen molar-refractivity contribution in [3.05, 3.63) is 0 Å². The number of rotatable bonds is 4. The number of carbonyl (C=O) groups is 1. The van der Waals surface area contributed by atoms with E-state index in [0.29, 0.717) is 12.6 Å². The molecular formula is C14H25N3O2. The topological polar surface area (TPSA) is 44.8 Å². The Labute approximate surface area is 115 Å². The summed E-state index contributed by atoms with van der Waals surface area (Å²) in [5, 5.41) is 3.20. The zero-order valence-corrected chi connectivity index (χ0v) is 11.6. The third-order valence-corrected chi connectivity index (χ3v) is 4.43. The Bertz CT molecular complexity index is 306. The van der Waals surface area contributed by atoms with E-state index in [1.807, 2.05) is 0 Å². The molecule has 0 aromatic heterocycles. The molecule has 1 saturated carbocycles. The number of ether oxygens (including phenoxy) is 1. The van der Waals surface area contributed by atoms with E-state index in [4.69, 9.17) is 4.74 Å². The van der Waals surface area contributed by atoms with Gasteiger partial charge in [0.2, 0.25) is 5.91 Å². The van der Waals surface area contributed by atoms with Crippen LogP contribution >= 0.6 is 0 Å². The molecule has 0 radical (unpaired) electrons. The number of carbonyl (C=O) groups excluding carboxylic acids is 1. The third kappa shape index (κ3) is 3.91. The van der Waals surface area contributed by atoms with Crippen LogP contribution < -0.4 is 5.32 Å². The van der Waals surface area contributed by atoms with Gasteiger partial charge in [-0.15, -0.1) is 0 Å². The third-order valence-electron chi connectivity index (χ3n) is 4.43. The lowest BCUT2D eigenvalue weighted by atomic mass is 10.0. The second-order valence-electron chi connectivity index (χ2n) is 6.00. The number of hydrogen-bond donors (Lipinski definition) is 1. The van der Waals surface area contributed by atoms with Crippen molar-refractivity contribution in [2.75, 3.05) is 45.9 Å². The largest absolute Gasteiger partial charge is 0.379 e. The normalized spacial score (nSPS) is 27.4. The minimum absolute atomic E-state index is 0.187. The number of likely N-dealkylation sites (tertiary alicyclic amines) is 1. The van der Waals surface area contributed by atoms with Crippen LogP contribution in [0.2, 0.25) is 0 Å². The highest BCUT2D eigenvalue weighted by Crippen LogP contribution is 2.29. The summed E-state index contributed by atoms with van der Waals surface area (Å²) in [6.45, 7) is 6.13. The molecule has 3 aliphatic rings. The molecule has 0 spiro atoms. The summed E-state index contributed by atoms with van der Waals surface area (Å²) in [6, 6.07) is 1.26. The van der Waals surface area contributed by atoms with Crippen molar-refractivity contribution in [2.24, 2.45) is 0 Å². The number of piperidine rings is 1. The van der Waals surface area contributed by atoms with Crippen LogP contribution in [0, 0.1) is 0 Å². The maximum absolute atomic E-state index is 12.0. The molecule has 0 bridgehead atoms. The maximum Gasteiger partial charge on any atom is 0.234 e. The van der Waals surface area contributed by atoms with Crippen LogP contribution in [-0.4, -0.2) is 73.7 Å². The number of nitrogens with one attached hydrogen (secondary N) is 1. The van der Waals surface area contributed by atoms with Gasteiger partial charge in [-0.3, -0.25) is 9.69 Å². The molecule has 2 saturated heterocycles. The van der Waals surface area contributed by atoms with Crippen LogP contribution in [-0.2, 0) is 9.53 Å². The fourth-order valence-corrected chi connectivity index (χ4v) is 3.08. The van der Waals surface area contributed by atoms with E-state index in [9.17, 15) is 4.79 Å². The second kappa shape index (κ2) is 6.20. The average molecular weight is 267 g/mol. The van der Waals surface area contributed by atoms with Crippen molar-refractivity contribution in [3.8, 4) is 0 Å². The van der Waals surface area contributed by atoms with E-state index < -0.39 is 0 Å². The van der Waals surface area contributed by atoms with Gasteiger partial charge in [-0.25, -0.2) is 0 Å². The molecule has 0 aromatic rings. The fraction of sp³-hybridized carbons (Fsp3) is 0.929. The van der Waals surface area contributed by atoms with Crippen LogP contribution in [0.15, 0.2) is 0 Å². The fourth-order valence-electron chi connectivity index (χ4n) is 3.08. The lowest BCUT2D eigenvalue weighted by Crippen LogP contribution is -2.49. The van der Waals surface area contributed by atoms with Gasteiger partial charge in [0.05, 0.1) is 19.8 Å². The van der Waals surface area contributed by atoms with Crippen LogP contribution in [0.25, 0.3) is 0 Å². The number of nitrogens with zero attached hydrogens (tertiary/aromatic N) is 2. The molecule has 5 heteroatoms. The molecule has 2 heterocycles. The Hall–Kier alpha value is -0.650. The second-order valence-corrected chi connectivity index (χ2v) is 6.00. The van der Waals surface area contributed by atoms with Gasteiger partial charge in [-0.1, -0.05) is 0 Å². The molecule has 19 heavy (non-hydrogen) atoms. The summed E-state index contributed by atoms with van der Waals surface area (Å²) in [5.74, 6) is 0.187. The Kier molecular flexibility index (Phi) is 4.35. The van der Waals surface area contributed by atoms with Crippen molar-refractivity contribution in [1.82, 2.24) is 15.1 Å². The maximum atomic E-state index is 12.0. The van der Waals surface area contributed by atoms with Crippen molar-refractivity contribution in [1.29, 1.82) is 0 Å². The quantitative estimate of drug-likeness (QED) is 0.782. The molecule has 1 aliphatic carbocycles. The zero-order valence-electron chi connectivity index (χ0n) is 11.6. The summed E-state index contributed by atoms with van der Waals surface area (Å²) in [5.41, 5.74) is 0. The summed E-state index contributed by atoms with van der Waals surface area (Å²) in [7, 11) is 0. The molecule has 1 N–H and O–H groups in total. The Morgan fingerprint density at radius 2 is 1.74 bits per heavy atom. The highest BCUT2D eigenvalue weighted by molar-refractivity contribution is 5.78. The predicted octanol–water partition coefficient (Wildman–Crippen LogP) is 0.0616. The number of hydrogen-bond acceptors (Lipinski definition) is 4. The van der Waals surface area contributed by atoms with Gasteiger partial charge in [0.1, 0.15) is 0 Å².